The summed E-state index contributed by atoms with van der Waals surface area (Å²) in [6.07, 6.45) is 22.1. The van der Waals surface area contributed by atoms with Crippen LogP contribution in [0.3, 0.4) is 0 Å². The standard InChI is InChI=1S/C35H35F2NO3S.C12H23N/c1-34(2,41)28-9-4-3-7-24(28)12-15-32(42-22-35(16-17-35)21-33(39)40)26-8-5-6-23(18-26)10-13-27-14-11-25-19-29(36)30(37)20-31(25)38-27;1-3-7-11(8-4-1)13-12-9-5-2-6-10-12/h3-11,13-14,18-20,32,41H,12,15-17,21-22H2,1-2H3,(H,39,40);11-13H,1-10H2/t32-;/m1./s1. The highest BCUT2D eigenvalue weighted by molar-refractivity contribution is 7.99. The average molecular weight is 769 g/mol. The number of fused-ring (bicyclic) bond motifs is 1. The van der Waals surface area contributed by atoms with Crippen LogP contribution in [0.1, 0.15) is 137 Å². The van der Waals surface area contributed by atoms with Crippen molar-refractivity contribution in [3.05, 3.63) is 112 Å². The maximum absolute atomic E-state index is 13.7. The second-order valence-electron chi connectivity index (χ2n) is 16.7. The summed E-state index contributed by atoms with van der Waals surface area (Å²) in [5.74, 6) is -1.77. The molecule has 0 bridgehead atoms. The lowest BCUT2D eigenvalue weighted by atomic mass is 9.90. The van der Waals surface area contributed by atoms with Crippen LogP contribution in [0.5, 0.6) is 0 Å². The van der Waals surface area contributed by atoms with Crippen molar-refractivity contribution in [2.75, 3.05) is 5.75 Å². The van der Waals surface area contributed by atoms with E-state index in [1.807, 2.05) is 54.2 Å². The van der Waals surface area contributed by atoms with Crippen molar-refractivity contribution in [3.8, 4) is 0 Å². The number of aliphatic hydroxyl groups is 1. The first-order valence-corrected chi connectivity index (χ1v) is 21.5. The lowest BCUT2D eigenvalue weighted by Crippen LogP contribution is -2.40. The van der Waals surface area contributed by atoms with Crippen LogP contribution in [-0.2, 0) is 16.8 Å². The number of nitrogens with one attached hydrogen (secondary N) is 1. The molecule has 0 aliphatic heterocycles. The highest BCUT2D eigenvalue weighted by atomic mass is 32.2. The molecule has 3 N–H and O–H groups in total. The van der Waals surface area contributed by atoms with Gasteiger partial charge < -0.3 is 15.5 Å². The molecular formula is C47H58F2N2O3S. The lowest BCUT2D eigenvalue weighted by Gasteiger charge is -2.30. The second kappa shape index (κ2) is 19.0. The smallest absolute Gasteiger partial charge is 0.303 e. The van der Waals surface area contributed by atoms with Crippen LogP contribution < -0.4 is 5.32 Å². The maximum atomic E-state index is 13.7. The van der Waals surface area contributed by atoms with Crippen LogP contribution in [0.25, 0.3) is 23.1 Å². The molecule has 0 saturated heterocycles. The third-order valence-electron chi connectivity index (χ3n) is 11.6. The van der Waals surface area contributed by atoms with Crippen LogP contribution in [-0.4, -0.2) is 39.0 Å². The second-order valence-corrected chi connectivity index (χ2v) is 17.9. The van der Waals surface area contributed by atoms with Crippen LogP contribution in [0.4, 0.5) is 8.78 Å². The Labute approximate surface area is 330 Å². The summed E-state index contributed by atoms with van der Waals surface area (Å²) < 4.78 is 27.3. The van der Waals surface area contributed by atoms with E-state index in [1.165, 1.54) is 64.2 Å². The fourth-order valence-corrected chi connectivity index (χ4v) is 9.83. The molecule has 0 spiro atoms. The number of nitrogens with zero attached hydrogens (tertiary/aromatic N) is 1. The Hall–Kier alpha value is -3.59. The van der Waals surface area contributed by atoms with Gasteiger partial charge in [-0.25, -0.2) is 13.8 Å². The number of halogens is 2. The number of hydrogen-bond donors (Lipinski definition) is 3. The predicted octanol–water partition coefficient (Wildman–Crippen LogP) is 11.8. The van der Waals surface area contributed by atoms with Gasteiger partial charge in [-0.15, -0.1) is 0 Å². The first kappa shape index (κ1) is 41.1. The molecule has 3 aromatic carbocycles. The first-order valence-electron chi connectivity index (χ1n) is 20.4. The number of carboxylic acids is 1. The van der Waals surface area contributed by atoms with Gasteiger partial charge in [-0.1, -0.05) is 99.2 Å². The largest absolute Gasteiger partial charge is 0.481 e. The molecule has 5 nitrogen and oxygen atoms in total. The number of carbonyl (C=O) groups is 1. The molecule has 8 heteroatoms. The average Bonchev–Trinajstić information content (AvgIpc) is 3.94. The van der Waals surface area contributed by atoms with Crippen LogP contribution in [0.2, 0.25) is 0 Å². The first-order chi connectivity index (χ1) is 26.5. The highest BCUT2D eigenvalue weighted by Crippen LogP contribution is 2.53. The quantitative estimate of drug-likeness (QED) is 0.118. The van der Waals surface area contributed by atoms with E-state index >= 15 is 0 Å². The number of aliphatic carboxylic acids is 1. The molecule has 0 amide bonds. The Kier molecular flexibility index (Phi) is 14.2. The molecule has 3 aliphatic carbocycles. The van der Waals surface area contributed by atoms with Crippen LogP contribution >= 0.6 is 11.8 Å². The van der Waals surface area contributed by atoms with Crippen molar-refractivity contribution in [1.29, 1.82) is 0 Å². The van der Waals surface area contributed by atoms with Crippen molar-refractivity contribution >= 4 is 40.8 Å². The maximum Gasteiger partial charge on any atom is 0.303 e. The Morgan fingerprint density at radius 1 is 0.891 bits per heavy atom. The third-order valence-corrected chi connectivity index (χ3v) is 13.3. The Morgan fingerprint density at radius 2 is 1.56 bits per heavy atom. The van der Waals surface area contributed by atoms with Gasteiger partial charge in [-0.3, -0.25) is 4.79 Å². The number of pyridine rings is 1. The van der Waals surface area contributed by atoms with Gasteiger partial charge in [-0.2, -0.15) is 11.8 Å². The molecule has 4 aromatic rings. The molecule has 294 valence electrons. The molecule has 55 heavy (non-hydrogen) atoms. The van der Waals surface area contributed by atoms with Crippen LogP contribution in [0.15, 0.2) is 72.8 Å². The van der Waals surface area contributed by atoms with Gasteiger partial charge in [0.05, 0.1) is 23.2 Å². The summed E-state index contributed by atoms with van der Waals surface area (Å²) in [6.45, 7) is 3.60. The van der Waals surface area contributed by atoms with E-state index in [0.717, 1.165) is 77.9 Å². The number of rotatable bonds is 14. The van der Waals surface area contributed by atoms with Gasteiger partial charge >= 0.3 is 5.97 Å². The Bertz CT molecular complexity index is 1890. The normalized spacial score (nSPS) is 18.2. The Morgan fingerprint density at radius 3 is 2.22 bits per heavy atom. The predicted molar refractivity (Wildman–Crippen MR) is 223 cm³/mol. The summed E-state index contributed by atoms with van der Waals surface area (Å²) >= 11 is 1.82. The summed E-state index contributed by atoms with van der Waals surface area (Å²) in [5, 5.41) is 24.7. The molecule has 0 unspecified atom stereocenters. The lowest BCUT2D eigenvalue weighted by molar-refractivity contribution is -0.138. The highest BCUT2D eigenvalue weighted by Gasteiger charge is 2.44. The number of aromatic nitrogens is 1. The van der Waals surface area contributed by atoms with E-state index in [0.29, 0.717) is 16.6 Å². The van der Waals surface area contributed by atoms with Gasteiger partial charge in [-0.05, 0) is 111 Å². The van der Waals surface area contributed by atoms with Gasteiger partial charge in [0.25, 0.3) is 0 Å². The molecule has 1 aromatic heterocycles. The van der Waals surface area contributed by atoms with Crippen molar-refractivity contribution in [2.45, 2.75) is 133 Å². The minimum absolute atomic E-state index is 0.124. The van der Waals surface area contributed by atoms with Gasteiger partial charge in [0.2, 0.25) is 0 Å². The van der Waals surface area contributed by atoms with E-state index < -0.39 is 23.2 Å². The van der Waals surface area contributed by atoms with Gasteiger partial charge in [0, 0.05) is 34.5 Å². The fraction of sp³-hybridized carbons (Fsp3) is 0.489. The number of thioether (sulfide) groups is 1. The number of benzene rings is 3. The molecule has 3 saturated carbocycles. The molecule has 0 radical (unpaired) electrons. The van der Waals surface area contributed by atoms with Crippen molar-refractivity contribution in [1.82, 2.24) is 10.3 Å². The molecule has 1 atom stereocenters. The van der Waals surface area contributed by atoms with E-state index in [9.17, 15) is 23.8 Å². The minimum atomic E-state index is -0.944. The van der Waals surface area contributed by atoms with Crippen molar-refractivity contribution < 1.29 is 23.8 Å². The van der Waals surface area contributed by atoms with E-state index in [1.54, 1.807) is 26.0 Å². The van der Waals surface area contributed by atoms with Crippen molar-refractivity contribution in [3.63, 3.8) is 0 Å². The number of hydrogen-bond acceptors (Lipinski definition) is 5. The summed E-state index contributed by atoms with van der Waals surface area (Å²) in [5.41, 5.74) is 4.12. The number of carboxylic acid groups (broad SMARTS) is 1. The molecule has 3 aliphatic rings. The van der Waals surface area contributed by atoms with E-state index in [4.69, 9.17) is 0 Å². The molecule has 7 rings (SSSR count). The van der Waals surface area contributed by atoms with Gasteiger partial charge in [0.1, 0.15) is 0 Å². The Balaban J connectivity index is 0.000000332. The van der Waals surface area contributed by atoms with E-state index in [2.05, 4.69) is 28.5 Å². The molecule has 3 fully saturated rings. The zero-order valence-corrected chi connectivity index (χ0v) is 33.4. The third kappa shape index (κ3) is 12.2. The zero-order valence-electron chi connectivity index (χ0n) is 32.5. The topological polar surface area (TPSA) is 82.5 Å². The monoisotopic (exact) mass is 768 g/mol. The van der Waals surface area contributed by atoms with Crippen LogP contribution in [0, 0.1) is 17.0 Å². The SMILES string of the molecule is C1CCC(NC2CCCCC2)CC1.CC(C)(O)c1ccccc1CC[C@@H](SCC1(CC(=O)O)CC1)c1cccc(C=Cc2ccc3cc(F)c(F)cc3n2)c1. The van der Waals surface area contributed by atoms with Gasteiger partial charge in [0.15, 0.2) is 11.6 Å². The molecule has 1 heterocycles. The summed E-state index contributed by atoms with van der Waals surface area (Å²) in [4.78, 5) is 15.9. The van der Waals surface area contributed by atoms with Crippen molar-refractivity contribution in [2.24, 2.45) is 5.41 Å². The number of aryl methyl sites for hydroxylation is 1. The van der Waals surface area contributed by atoms with E-state index in [-0.39, 0.29) is 17.1 Å². The molecular weight excluding hydrogens is 711 g/mol. The summed E-state index contributed by atoms with van der Waals surface area (Å²) in [6, 6.07) is 23.8. The summed E-state index contributed by atoms with van der Waals surface area (Å²) in [7, 11) is 0. The zero-order chi connectivity index (χ0) is 38.8. The fourth-order valence-electron chi connectivity index (χ4n) is 8.26. The minimum Gasteiger partial charge on any atom is -0.481 e.